The molecular weight excluding hydrogens is 178 g/mol. The Morgan fingerprint density at radius 1 is 1.15 bits per heavy atom. The molecule has 0 bridgehead atoms. The molecule has 0 saturated carbocycles. The summed E-state index contributed by atoms with van der Waals surface area (Å²) in [4.78, 5) is 1.42. The molecule has 0 amide bonds. The van der Waals surface area contributed by atoms with Crippen LogP contribution in [0.5, 0.6) is 0 Å². The van der Waals surface area contributed by atoms with Gasteiger partial charge in [0.15, 0.2) is 0 Å². The molecule has 0 aliphatic carbocycles. The first kappa shape index (κ1) is 10.6. The van der Waals surface area contributed by atoms with E-state index in [0.29, 0.717) is 0 Å². The molecule has 0 atom stereocenters. The van der Waals surface area contributed by atoms with E-state index in [1.165, 1.54) is 21.6 Å². The van der Waals surface area contributed by atoms with E-state index in [0.717, 1.165) is 5.88 Å². The predicted octanol–water partition coefficient (Wildman–Crippen LogP) is 2.88. The van der Waals surface area contributed by atoms with Gasteiger partial charge in [0.25, 0.3) is 0 Å². The quantitative estimate of drug-likeness (QED) is 0.588. The van der Waals surface area contributed by atoms with Gasteiger partial charge in [0, 0.05) is 10.8 Å². The third kappa shape index (κ3) is 2.75. The fourth-order valence-corrected chi connectivity index (χ4v) is 2.40. The van der Waals surface area contributed by atoms with Crippen LogP contribution >= 0.6 is 11.8 Å². The standard InChI is InChI=1S/C11H17NS/c1-8-5-9(2)11(10(3)6-8)13-7-12-4/h5-6,12H,7H2,1-4H3. The summed E-state index contributed by atoms with van der Waals surface area (Å²) in [7, 11) is 1.98. The highest BCUT2D eigenvalue weighted by Crippen LogP contribution is 2.26. The van der Waals surface area contributed by atoms with Gasteiger partial charge in [0.05, 0.1) is 0 Å². The number of hydrogen-bond acceptors (Lipinski definition) is 2. The van der Waals surface area contributed by atoms with Crippen molar-refractivity contribution in [1.82, 2.24) is 5.32 Å². The molecule has 1 nitrogen and oxygen atoms in total. The topological polar surface area (TPSA) is 12.0 Å². The highest BCUT2D eigenvalue weighted by Gasteiger charge is 2.02. The van der Waals surface area contributed by atoms with Crippen molar-refractivity contribution >= 4 is 11.8 Å². The highest BCUT2D eigenvalue weighted by atomic mass is 32.2. The molecule has 0 fully saturated rings. The van der Waals surface area contributed by atoms with Gasteiger partial charge in [0.1, 0.15) is 0 Å². The van der Waals surface area contributed by atoms with Crippen LogP contribution in [-0.4, -0.2) is 12.9 Å². The minimum absolute atomic E-state index is 0.977. The predicted molar refractivity (Wildman–Crippen MR) is 60.4 cm³/mol. The van der Waals surface area contributed by atoms with Crippen LogP contribution in [0.15, 0.2) is 17.0 Å². The zero-order valence-electron chi connectivity index (χ0n) is 8.77. The second-order valence-corrected chi connectivity index (χ2v) is 4.36. The van der Waals surface area contributed by atoms with Gasteiger partial charge in [-0.3, -0.25) is 0 Å². The normalized spacial score (nSPS) is 10.5. The van der Waals surface area contributed by atoms with E-state index in [2.05, 4.69) is 38.2 Å². The van der Waals surface area contributed by atoms with Crippen LogP contribution in [0.2, 0.25) is 0 Å². The summed E-state index contributed by atoms with van der Waals surface area (Å²) < 4.78 is 0. The monoisotopic (exact) mass is 195 g/mol. The van der Waals surface area contributed by atoms with Crippen LogP contribution in [0.4, 0.5) is 0 Å². The van der Waals surface area contributed by atoms with Gasteiger partial charge in [-0.15, -0.1) is 11.8 Å². The third-order valence-corrected chi connectivity index (χ3v) is 3.33. The molecule has 0 aliphatic heterocycles. The van der Waals surface area contributed by atoms with E-state index in [-0.39, 0.29) is 0 Å². The SMILES string of the molecule is CNCSc1c(C)cc(C)cc1C. The Labute approximate surface area is 84.9 Å². The second-order valence-electron chi connectivity index (χ2n) is 3.37. The number of nitrogens with one attached hydrogen (secondary N) is 1. The molecule has 72 valence electrons. The summed E-state index contributed by atoms with van der Waals surface area (Å²) in [5.41, 5.74) is 4.12. The highest BCUT2D eigenvalue weighted by molar-refractivity contribution is 7.99. The molecule has 0 spiro atoms. The molecule has 0 aromatic heterocycles. The number of benzene rings is 1. The largest absolute Gasteiger partial charge is 0.311 e. The molecule has 1 aromatic rings. The molecule has 13 heavy (non-hydrogen) atoms. The summed E-state index contributed by atoms with van der Waals surface area (Å²) in [5.74, 6) is 0.977. The summed E-state index contributed by atoms with van der Waals surface area (Å²) in [5, 5.41) is 3.15. The molecule has 2 heteroatoms. The average molecular weight is 195 g/mol. The van der Waals surface area contributed by atoms with Crippen molar-refractivity contribution in [3.8, 4) is 0 Å². The number of hydrogen-bond donors (Lipinski definition) is 1. The molecule has 1 rings (SSSR count). The number of rotatable bonds is 3. The van der Waals surface area contributed by atoms with Crippen molar-refractivity contribution in [2.45, 2.75) is 25.7 Å². The molecule has 0 unspecified atom stereocenters. The Morgan fingerprint density at radius 3 is 2.15 bits per heavy atom. The van der Waals surface area contributed by atoms with Crippen molar-refractivity contribution in [3.05, 3.63) is 28.8 Å². The Morgan fingerprint density at radius 2 is 1.69 bits per heavy atom. The van der Waals surface area contributed by atoms with E-state index in [9.17, 15) is 0 Å². The summed E-state index contributed by atoms with van der Waals surface area (Å²) >= 11 is 1.87. The van der Waals surface area contributed by atoms with Crippen LogP contribution in [0.3, 0.4) is 0 Å². The van der Waals surface area contributed by atoms with Gasteiger partial charge in [0.2, 0.25) is 0 Å². The zero-order chi connectivity index (χ0) is 9.84. The number of thioether (sulfide) groups is 1. The minimum atomic E-state index is 0.977. The second kappa shape index (κ2) is 4.68. The first-order valence-corrected chi connectivity index (χ1v) is 5.49. The molecular formula is C11H17NS. The minimum Gasteiger partial charge on any atom is -0.311 e. The maximum absolute atomic E-state index is 3.15. The molecule has 0 radical (unpaired) electrons. The summed E-state index contributed by atoms with van der Waals surface area (Å²) in [6, 6.07) is 4.48. The lowest BCUT2D eigenvalue weighted by atomic mass is 10.1. The number of aryl methyl sites for hydroxylation is 3. The van der Waals surface area contributed by atoms with Crippen molar-refractivity contribution < 1.29 is 0 Å². The fourth-order valence-electron chi connectivity index (χ4n) is 1.54. The average Bonchev–Trinajstić information content (AvgIpc) is 2.02. The van der Waals surface area contributed by atoms with Gasteiger partial charge in [-0.25, -0.2) is 0 Å². The van der Waals surface area contributed by atoms with Gasteiger partial charge in [-0.2, -0.15) is 0 Å². The van der Waals surface area contributed by atoms with Crippen molar-refractivity contribution in [2.75, 3.05) is 12.9 Å². The lowest BCUT2D eigenvalue weighted by Crippen LogP contribution is -2.04. The van der Waals surface area contributed by atoms with Crippen molar-refractivity contribution in [1.29, 1.82) is 0 Å². The van der Waals surface area contributed by atoms with E-state index >= 15 is 0 Å². The van der Waals surface area contributed by atoms with Crippen molar-refractivity contribution in [3.63, 3.8) is 0 Å². The van der Waals surface area contributed by atoms with Gasteiger partial charge in [-0.05, 0) is 38.9 Å². The van der Waals surface area contributed by atoms with Crippen LogP contribution in [-0.2, 0) is 0 Å². The first-order valence-electron chi connectivity index (χ1n) is 4.50. The maximum atomic E-state index is 3.15. The first-order chi connectivity index (χ1) is 6.15. The molecule has 1 N–H and O–H groups in total. The van der Waals surface area contributed by atoms with E-state index in [1.54, 1.807) is 0 Å². The van der Waals surface area contributed by atoms with Crippen LogP contribution in [0.1, 0.15) is 16.7 Å². The molecule has 1 aromatic carbocycles. The summed E-state index contributed by atoms with van der Waals surface area (Å²) in [6.07, 6.45) is 0. The third-order valence-electron chi connectivity index (χ3n) is 1.97. The lowest BCUT2D eigenvalue weighted by Gasteiger charge is -2.10. The molecule has 0 saturated heterocycles. The molecule has 0 aliphatic rings. The Hall–Kier alpha value is -0.470. The van der Waals surface area contributed by atoms with Crippen LogP contribution in [0, 0.1) is 20.8 Å². The van der Waals surface area contributed by atoms with E-state index in [4.69, 9.17) is 0 Å². The molecule has 0 heterocycles. The summed E-state index contributed by atoms with van der Waals surface area (Å²) in [6.45, 7) is 6.50. The fraction of sp³-hybridized carbons (Fsp3) is 0.455. The Balaban J connectivity index is 2.92. The van der Waals surface area contributed by atoms with Crippen LogP contribution < -0.4 is 5.32 Å². The Bertz CT molecular complexity index is 271. The van der Waals surface area contributed by atoms with Gasteiger partial charge >= 0.3 is 0 Å². The lowest BCUT2D eigenvalue weighted by molar-refractivity contribution is 0.979. The smallest absolute Gasteiger partial charge is 0.0463 e. The van der Waals surface area contributed by atoms with Crippen molar-refractivity contribution in [2.24, 2.45) is 0 Å². The van der Waals surface area contributed by atoms with Gasteiger partial charge < -0.3 is 5.32 Å². The van der Waals surface area contributed by atoms with E-state index in [1.807, 2.05) is 18.8 Å². The maximum Gasteiger partial charge on any atom is 0.0463 e. The van der Waals surface area contributed by atoms with E-state index < -0.39 is 0 Å². The van der Waals surface area contributed by atoms with Crippen LogP contribution in [0.25, 0.3) is 0 Å². The van der Waals surface area contributed by atoms with Gasteiger partial charge in [-0.1, -0.05) is 17.7 Å². The zero-order valence-corrected chi connectivity index (χ0v) is 9.59. The Kier molecular flexibility index (Phi) is 3.82.